The van der Waals surface area contributed by atoms with Crippen molar-refractivity contribution >= 4 is 11.6 Å². The number of halogens is 1. The van der Waals surface area contributed by atoms with E-state index in [0.717, 1.165) is 22.9 Å². The van der Waals surface area contributed by atoms with E-state index < -0.39 is 0 Å². The molecule has 0 aliphatic carbocycles. The first-order valence-electron chi connectivity index (χ1n) is 6.73. The highest BCUT2D eigenvalue weighted by atomic mass is 35.5. The van der Waals surface area contributed by atoms with Crippen LogP contribution in [0.3, 0.4) is 0 Å². The Bertz CT molecular complexity index is 354. The Balaban J connectivity index is 2.44. The molecule has 0 saturated carbocycles. The summed E-state index contributed by atoms with van der Waals surface area (Å²) in [6.07, 6.45) is 5.09. The number of nitrogens with one attached hydrogen (secondary N) is 1. The van der Waals surface area contributed by atoms with Gasteiger partial charge in [0.25, 0.3) is 0 Å². The molecule has 1 atom stereocenters. The van der Waals surface area contributed by atoms with Crippen molar-refractivity contribution < 1.29 is 4.74 Å². The fraction of sp³-hybridized carbons (Fsp3) is 0.600. The maximum absolute atomic E-state index is 6.01. The van der Waals surface area contributed by atoms with Crippen molar-refractivity contribution in [3.8, 4) is 5.75 Å². The zero-order chi connectivity index (χ0) is 13.4. The summed E-state index contributed by atoms with van der Waals surface area (Å²) in [6.45, 7) is 5.26. The molecule has 0 aliphatic rings. The minimum atomic E-state index is 0.528. The monoisotopic (exact) mass is 269 g/mol. The Kier molecular flexibility index (Phi) is 7.14. The van der Waals surface area contributed by atoms with Crippen molar-refractivity contribution in [2.45, 2.75) is 52.1 Å². The van der Waals surface area contributed by atoms with Crippen LogP contribution < -0.4 is 10.1 Å². The molecular formula is C15H24ClNO. The molecule has 102 valence electrons. The first-order valence-corrected chi connectivity index (χ1v) is 7.11. The molecular weight excluding hydrogens is 246 g/mol. The van der Waals surface area contributed by atoms with Gasteiger partial charge in [0.2, 0.25) is 0 Å². The molecule has 1 rings (SSSR count). The van der Waals surface area contributed by atoms with E-state index in [1.807, 2.05) is 18.2 Å². The van der Waals surface area contributed by atoms with E-state index in [4.69, 9.17) is 16.3 Å². The van der Waals surface area contributed by atoms with Crippen LogP contribution in [0.2, 0.25) is 5.02 Å². The molecule has 1 aromatic rings. The van der Waals surface area contributed by atoms with Gasteiger partial charge in [0.15, 0.2) is 0 Å². The quantitative estimate of drug-likeness (QED) is 0.706. The van der Waals surface area contributed by atoms with Crippen LogP contribution in [0, 0.1) is 0 Å². The van der Waals surface area contributed by atoms with E-state index >= 15 is 0 Å². The topological polar surface area (TPSA) is 21.3 Å². The molecule has 0 spiro atoms. The van der Waals surface area contributed by atoms with Gasteiger partial charge in [-0.15, -0.1) is 0 Å². The summed E-state index contributed by atoms with van der Waals surface area (Å²) in [6, 6.07) is 6.27. The summed E-state index contributed by atoms with van der Waals surface area (Å²) >= 11 is 6.01. The van der Waals surface area contributed by atoms with Crippen LogP contribution >= 0.6 is 11.6 Å². The highest BCUT2D eigenvalue weighted by Gasteiger charge is 2.06. The van der Waals surface area contributed by atoms with Gasteiger partial charge in [0, 0.05) is 23.2 Å². The maximum Gasteiger partial charge on any atom is 0.123 e. The SMILES string of the molecule is CCCCCC(C)NCc1cc(Cl)ccc1OC. The Morgan fingerprint density at radius 2 is 2.11 bits per heavy atom. The Morgan fingerprint density at radius 3 is 2.78 bits per heavy atom. The number of ether oxygens (including phenoxy) is 1. The van der Waals surface area contributed by atoms with Gasteiger partial charge in [-0.3, -0.25) is 0 Å². The predicted molar refractivity (Wildman–Crippen MR) is 78.4 cm³/mol. The van der Waals surface area contributed by atoms with Crippen LogP contribution in [0.4, 0.5) is 0 Å². The van der Waals surface area contributed by atoms with E-state index in [2.05, 4.69) is 19.2 Å². The molecule has 2 nitrogen and oxygen atoms in total. The van der Waals surface area contributed by atoms with Gasteiger partial charge in [-0.2, -0.15) is 0 Å². The van der Waals surface area contributed by atoms with Crippen molar-refractivity contribution in [3.05, 3.63) is 28.8 Å². The fourth-order valence-corrected chi connectivity index (χ4v) is 2.17. The van der Waals surface area contributed by atoms with Crippen LogP contribution in [-0.4, -0.2) is 13.2 Å². The Morgan fingerprint density at radius 1 is 1.33 bits per heavy atom. The third-order valence-electron chi connectivity index (χ3n) is 3.12. The first kappa shape index (κ1) is 15.3. The zero-order valence-corrected chi connectivity index (χ0v) is 12.4. The van der Waals surface area contributed by atoms with Gasteiger partial charge in [-0.1, -0.05) is 37.8 Å². The summed E-state index contributed by atoms with van der Waals surface area (Å²) in [7, 11) is 1.69. The number of benzene rings is 1. The van der Waals surface area contributed by atoms with Gasteiger partial charge in [0.05, 0.1) is 7.11 Å². The molecule has 18 heavy (non-hydrogen) atoms. The standard InChI is InChI=1S/C15H24ClNO/c1-4-5-6-7-12(2)17-11-13-10-14(16)8-9-15(13)18-3/h8-10,12,17H,4-7,11H2,1-3H3. The van der Waals surface area contributed by atoms with Gasteiger partial charge in [0.1, 0.15) is 5.75 Å². The second-order valence-corrected chi connectivity index (χ2v) is 5.17. The lowest BCUT2D eigenvalue weighted by Gasteiger charge is -2.15. The molecule has 1 unspecified atom stereocenters. The van der Waals surface area contributed by atoms with Crippen LogP contribution in [0.25, 0.3) is 0 Å². The zero-order valence-electron chi connectivity index (χ0n) is 11.6. The lowest BCUT2D eigenvalue weighted by Crippen LogP contribution is -2.25. The van der Waals surface area contributed by atoms with Crippen molar-refractivity contribution in [1.29, 1.82) is 0 Å². The highest BCUT2D eigenvalue weighted by Crippen LogP contribution is 2.22. The summed E-state index contributed by atoms with van der Waals surface area (Å²) in [5.41, 5.74) is 1.12. The average molecular weight is 270 g/mol. The van der Waals surface area contributed by atoms with E-state index in [9.17, 15) is 0 Å². The minimum Gasteiger partial charge on any atom is -0.496 e. The Hall–Kier alpha value is -0.730. The Labute approximate surface area is 116 Å². The largest absolute Gasteiger partial charge is 0.496 e. The van der Waals surface area contributed by atoms with Crippen molar-refractivity contribution in [2.24, 2.45) is 0 Å². The lowest BCUT2D eigenvalue weighted by molar-refractivity contribution is 0.404. The van der Waals surface area contributed by atoms with E-state index in [0.29, 0.717) is 6.04 Å². The van der Waals surface area contributed by atoms with Gasteiger partial charge >= 0.3 is 0 Å². The number of methoxy groups -OCH3 is 1. The summed E-state index contributed by atoms with van der Waals surface area (Å²) < 4.78 is 5.33. The lowest BCUT2D eigenvalue weighted by atomic mass is 10.1. The average Bonchev–Trinajstić information content (AvgIpc) is 2.37. The van der Waals surface area contributed by atoms with E-state index in [1.165, 1.54) is 25.7 Å². The minimum absolute atomic E-state index is 0.528. The molecule has 0 saturated heterocycles. The van der Waals surface area contributed by atoms with Gasteiger partial charge in [-0.05, 0) is 31.5 Å². The predicted octanol–water partition coefficient (Wildman–Crippen LogP) is 4.41. The van der Waals surface area contributed by atoms with Crippen molar-refractivity contribution in [1.82, 2.24) is 5.32 Å². The number of unbranched alkanes of at least 4 members (excludes halogenated alkanes) is 2. The summed E-state index contributed by atoms with van der Waals surface area (Å²) in [4.78, 5) is 0. The number of hydrogen-bond acceptors (Lipinski definition) is 2. The van der Waals surface area contributed by atoms with E-state index in [-0.39, 0.29) is 0 Å². The van der Waals surface area contributed by atoms with Crippen molar-refractivity contribution in [3.63, 3.8) is 0 Å². The van der Waals surface area contributed by atoms with Crippen LogP contribution in [-0.2, 0) is 6.54 Å². The van der Waals surface area contributed by atoms with Gasteiger partial charge < -0.3 is 10.1 Å². The third kappa shape index (κ3) is 5.28. The summed E-state index contributed by atoms with van der Waals surface area (Å²) in [5.74, 6) is 0.896. The second-order valence-electron chi connectivity index (χ2n) is 4.73. The first-order chi connectivity index (χ1) is 8.67. The third-order valence-corrected chi connectivity index (χ3v) is 3.36. The molecule has 0 amide bonds. The van der Waals surface area contributed by atoms with E-state index in [1.54, 1.807) is 7.11 Å². The number of hydrogen-bond donors (Lipinski definition) is 1. The molecule has 0 fully saturated rings. The molecule has 3 heteroatoms. The molecule has 1 aromatic carbocycles. The second kappa shape index (κ2) is 8.39. The smallest absolute Gasteiger partial charge is 0.123 e. The van der Waals surface area contributed by atoms with Crippen LogP contribution in [0.5, 0.6) is 5.75 Å². The molecule has 1 N–H and O–H groups in total. The normalized spacial score (nSPS) is 12.4. The number of rotatable bonds is 8. The fourth-order valence-electron chi connectivity index (χ4n) is 1.97. The summed E-state index contributed by atoms with van der Waals surface area (Å²) in [5, 5.41) is 4.28. The molecule has 0 heterocycles. The molecule has 0 aliphatic heterocycles. The maximum atomic E-state index is 6.01. The van der Waals surface area contributed by atoms with Crippen LogP contribution in [0.15, 0.2) is 18.2 Å². The van der Waals surface area contributed by atoms with Crippen molar-refractivity contribution in [2.75, 3.05) is 7.11 Å². The molecule has 0 bridgehead atoms. The van der Waals surface area contributed by atoms with Crippen LogP contribution in [0.1, 0.15) is 45.1 Å². The molecule has 0 radical (unpaired) electrons. The van der Waals surface area contributed by atoms with Gasteiger partial charge in [-0.25, -0.2) is 0 Å². The molecule has 0 aromatic heterocycles. The highest BCUT2D eigenvalue weighted by molar-refractivity contribution is 6.30.